The molecule has 1 atom stereocenters. The van der Waals surface area contributed by atoms with Crippen LogP contribution in [0.1, 0.15) is 6.92 Å². The molecule has 0 aliphatic heterocycles. The van der Waals surface area contributed by atoms with Crippen LogP contribution in [0.25, 0.3) is 0 Å². The SMILES string of the molecule is COCCNCCNC(=O)C(C)NS(=O)(=O)c1cccs1. The smallest absolute Gasteiger partial charge is 0.250 e. The molecule has 1 aromatic rings. The van der Waals surface area contributed by atoms with Gasteiger partial charge in [-0.25, -0.2) is 8.42 Å². The molecule has 120 valence electrons. The summed E-state index contributed by atoms with van der Waals surface area (Å²) in [6.07, 6.45) is 0. The molecule has 1 amide bonds. The lowest BCUT2D eigenvalue weighted by atomic mass is 10.3. The Morgan fingerprint density at radius 2 is 2.14 bits per heavy atom. The third-order valence-corrected chi connectivity index (χ3v) is 5.51. The quantitative estimate of drug-likeness (QED) is 0.513. The molecule has 0 fully saturated rings. The number of carbonyl (C=O) groups is 1. The van der Waals surface area contributed by atoms with E-state index in [0.717, 1.165) is 11.3 Å². The molecular formula is C12H21N3O4S2. The van der Waals surface area contributed by atoms with Crippen molar-refractivity contribution >= 4 is 27.3 Å². The van der Waals surface area contributed by atoms with E-state index in [9.17, 15) is 13.2 Å². The van der Waals surface area contributed by atoms with Crippen LogP contribution in [0, 0.1) is 0 Å². The lowest BCUT2D eigenvalue weighted by Gasteiger charge is -2.14. The van der Waals surface area contributed by atoms with Crippen molar-refractivity contribution in [2.24, 2.45) is 0 Å². The molecule has 1 heterocycles. The number of amides is 1. The van der Waals surface area contributed by atoms with Gasteiger partial charge >= 0.3 is 0 Å². The average Bonchev–Trinajstić information content (AvgIpc) is 2.96. The Balaban J connectivity index is 2.31. The molecule has 1 unspecified atom stereocenters. The number of methoxy groups -OCH3 is 1. The highest BCUT2D eigenvalue weighted by Crippen LogP contribution is 2.15. The molecule has 9 heteroatoms. The lowest BCUT2D eigenvalue weighted by Crippen LogP contribution is -2.46. The van der Waals surface area contributed by atoms with Gasteiger partial charge in [0, 0.05) is 26.7 Å². The van der Waals surface area contributed by atoms with Crippen molar-refractivity contribution in [2.45, 2.75) is 17.2 Å². The van der Waals surface area contributed by atoms with Gasteiger partial charge in [0.05, 0.1) is 12.6 Å². The van der Waals surface area contributed by atoms with Gasteiger partial charge in [-0.2, -0.15) is 4.72 Å². The zero-order chi connectivity index (χ0) is 15.7. The van der Waals surface area contributed by atoms with Crippen LogP contribution in [0.4, 0.5) is 0 Å². The normalized spacial score (nSPS) is 13.0. The topological polar surface area (TPSA) is 96.5 Å². The molecule has 0 bridgehead atoms. The molecule has 1 aromatic heterocycles. The van der Waals surface area contributed by atoms with E-state index in [0.29, 0.717) is 26.2 Å². The molecule has 0 saturated heterocycles. The monoisotopic (exact) mass is 335 g/mol. The minimum Gasteiger partial charge on any atom is -0.383 e. The van der Waals surface area contributed by atoms with Crippen molar-refractivity contribution in [3.05, 3.63) is 17.5 Å². The highest BCUT2D eigenvalue weighted by atomic mass is 32.2. The fourth-order valence-corrected chi connectivity index (χ4v) is 3.70. The molecule has 0 saturated carbocycles. The zero-order valence-electron chi connectivity index (χ0n) is 12.1. The van der Waals surface area contributed by atoms with Gasteiger partial charge in [0.1, 0.15) is 4.21 Å². The average molecular weight is 335 g/mol. The van der Waals surface area contributed by atoms with Crippen molar-refractivity contribution in [3.63, 3.8) is 0 Å². The number of sulfonamides is 1. The number of ether oxygens (including phenoxy) is 1. The van der Waals surface area contributed by atoms with Gasteiger partial charge in [-0.05, 0) is 18.4 Å². The summed E-state index contributed by atoms with van der Waals surface area (Å²) >= 11 is 1.11. The summed E-state index contributed by atoms with van der Waals surface area (Å²) in [6.45, 7) is 3.84. The van der Waals surface area contributed by atoms with Gasteiger partial charge in [-0.15, -0.1) is 11.3 Å². The van der Waals surface area contributed by atoms with Crippen LogP contribution in [-0.4, -0.2) is 53.7 Å². The van der Waals surface area contributed by atoms with Gasteiger partial charge < -0.3 is 15.4 Å². The Morgan fingerprint density at radius 1 is 1.38 bits per heavy atom. The van der Waals surface area contributed by atoms with E-state index in [1.165, 1.54) is 13.0 Å². The number of hydrogen-bond donors (Lipinski definition) is 3. The first-order valence-corrected chi connectivity index (χ1v) is 8.87. The third kappa shape index (κ3) is 6.53. The summed E-state index contributed by atoms with van der Waals surface area (Å²) in [6, 6.07) is 2.32. The molecular weight excluding hydrogens is 314 g/mol. The minimum atomic E-state index is -3.63. The maximum absolute atomic E-state index is 11.9. The predicted molar refractivity (Wildman–Crippen MR) is 81.9 cm³/mol. The van der Waals surface area contributed by atoms with Crippen LogP contribution < -0.4 is 15.4 Å². The third-order valence-electron chi connectivity index (χ3n) is 2.57. The van der Waals surface area contributed by atoms with Gasteiger partial charge in [-0.3, -0.25) is 4.79 Å². The van der Waals surface area contributed by atoms with Crippen molar-refractivity contribution in [2.75, 3.05) is 33.4 Å². The second-order valence-corrected chi connectivity index (χ2v) is 7.20. The molecule has 1 rings (SSSR count). The fraction of sp³-hybridized carbons (Fsp3) is 0.583. The summed E-state index contributed by atoms with van der Waals surface area (Å²) in [4.78, 5) is 11.8. The van der Waals surface area contributed by atoms with E-state index in [-0.39, 0.29) is 10.1 Å². The predicted octanol–water partition coefficient (Wildman–Crippen LogP) is -0.233. The molecule has 0 spiro atoms. The zero-order valence-corrected chi connectivity index (χ0v) is 13.7. The van der Waals surface area contributed by atoms with E-state index in [1.807, 2.05) is 0 Å². The molecule has 21 heavy (non-hydrogen) atoms. The highest BCUT2D eigenvalue weighted by Gasteiger charge is 2.22. The van der Waals surface area contributed by atoms with Crippen molar-refractivity contribution in [1.29, 1.82) is 0 Å². The molecule has 0 aromatic carbocycles. The van der Waals surface area contributed by atoms with Gasteiger partial charge in [-0.1, -0.05) is 6.07 Å². The number of carbonyl (C=O) groups excluding carboxylic acids is 1. The molecule has 7 nitrogen and oxygen atoms in total. The first kappa shape index (κ1) is 18.1. The maximum Gasteiger partial charge on any atom is 0.250 e. The highest BCUT2D eigenvalue weighted by molar-refractivity contribution is 7.91. The van der Waals surface area contributed by atoms with Gasteiger partial charge in [0.2, 0.25) is 5.91 Å². The number of rotatable bonds is 10. The summed E-state index contributed by atoms with van der Waals surface area (Å²) in [7, 11) is -2.01. The Kier molecular flexibility index (Phi) is 7.83. The van der Waals surface area contributed by atoms with Gasteiger partial charge in [0.25, 0.3) is 10.0 Å². The second-order valence-electron chi connectivity index (χ2n) is 4.31. The first-order valence-electron chi connectivity index (χ1n) is 6.50. The Labute approximate surface area is 129 Å². The summed E-state index contributed by atoms with van der Waals surface area (Å²) in [5.74, 6) is -0.358. The van der Waals surface area contributed by atoms with Crippen LogP contribution >= 0.6 is 11.3 Å². The summed E-state index contributed by atoms with van der Waals surface area (Å²) in [5, 5.41) is 7.41. The van der Waals surface area contributed by atoms with Crippen LogP contribution in [0.15, 0.2) is 21.7 Å². The minimum absolute atomic E-state index is 0.198. The summed E-state index contributed by atoms with van der Waals surface area (Å²) < 4.78 is 31.3. The second kappa shape index (κ2) is 9.11. The Hall–Kier alpha value is -1.00. The lowest BCUT2D eigenvalue weighted by molar-refractivity contribution is -0.122. The number of thiophene rings is 1. The van der Waals surface area contributed by atoms with E-state index < -0.39 is 16.1 Å². The van der Waals surface area contributed by atoms with E-state index >= 15 is 0 Å². The standard InChI is InChI=1S/C12H21N3O4S2/c1-10(12(16)14-6-5-13-7-8-19-2)15-21(17,18)11-4-3-9-20-11/h3-4,9-10,13,15H,5-8H2,1-2H3,(H,14,16). The van der Waals surface area contributed by atoms with Crippen molar-refractivity contribution < 1.29 is 17.9 Å². The van der Waals surface area contributed by atoms with Crippen molar-refractivity contribution in [3.8, 4) is 0 Å². The Morgan fingerprint density at radius 3 is 2.76 bits per heavy atom. The van der Waals surface area contributed by atoms with Crippen LogP contribution in [0.2, 0.25) is 0 Å². The van der Waals surface area contributed by atoms with Crippen LogP contribution in [0.5, 0.6) is 0 Å². The molecule has 0 aliphatic rings. The van der Waals surface area contributed by atoms with Crippen LogP contribution in [0.3, 0.4) is 0 Å². The Bertz CT molecular complexity index is 517. The first-order chi connectivity index (χ1) is 9.97. The molecule has 3 N–H and O–H groups in total. The van der Waals surface area contributed by atoms with E-state index in [1.54, 1.807) is 18.6 Å². The summed E-state index contributed by atoms with van der Waals surface area (Å²) in [5.41, 5.74) is 0. The number of nitrogens with one attached hydrogen (secondary N) is 3. The van der Waals surface area contributed by atoms with E-state index in [4.69, 9.17) is 4.74 Å². The number of hydrogen-bond acceptors (Lipinski definition) is 6. The van der Waals surface area contributed by atoms with Crippen LogP contribution in [-0.2, 0) is 19.6 Å². The molecule has 0 radical (unpaired) electrons. The maximum atomic E-state index is 11.9. The van der Waals surface area contributed by atoms with Crippen molar-refractivity contribution in [1.82, 2.24) is 15.4 Å². The molecule has 0 aliphatic carbocycles. The fourth-order valence-electron chi connectivity index (χ4n) is 1.49. The van der Waals surface area contributed by atoms with Gasteiger partial charge in [0.15, 0.2) is 0 Å². The van der Waals surface area contributed by atoms with E-state index in [2.05, 4.69) is 15.4 Å². The largest absolute Gasteiger partial charge is 0.383 e.